The largest absolute Gasteiger partial charge is 0.477 e. The van der Waals surface area contributed by atoms with Gasteiger partial charge in [0, 0.05) is 11.6 Å². The van der Waals surface area contributed by atoms with Gasteiger partial charge in [0.05, 0.1) is 0 Å². The maximum Gasteiger partial charge on any atom is 0.354 e. The summed E-state index contributed by atoms with van der Waals surface area (Å²) in [5.74, 6) is -0.777. The first kappa shape index (κ1) is 11.1. The minimum atomic E-state index is -1.26. The Morgan fingerprint density at radius 2 is 1.95 bits per heavy atom. The smallest absolute Gasteiger partial charge is 0.354 e. The number of nitrogens with zero attached hydrogens (tertiary/aromatic N) is 3. The van der Waals surface area contributed by atoms with E-state index < -0.39 is 11.5 Å². The van der Waals surface area contributed by atoms with Crippen molar-refractivity contribution < 1.29 is 9.90 Å². The summed E-state index contributed by atoms with van der Waals surface area (Å²) in [6, 6.07) is 10.1. The van der Waals surface area contributed by atoms with Crippen LogP contribution in [-0.4, -0.2) is 30.7 Å². The number of benzene rings is 1. The number of aromatic carboxylic acids is 1. The van der Waals surface area contributed by atoms with E-state index in [0.29, 0.717) is 5.82 Å². The SMILES string of the molecule is O=C(O)c1cc(=O)n2[nH]c(-c3ccccc3)nc2n1. The molecule has 7 heteroatoms. The van der Waals surface area contributed by atoms with Gasteiger partial charge in [0.1, 0.15) is 0 Å². The van der Waals surface area contributed by atoms with Crippen molar-refractivity contribution >= 4 is 11.7 Å². The van der Waals surface area contributed by atoms with Gasteiger partial charge in [0.25, 0.3) is 11.3 Å². The summed E-state index contributed by atoms with van der Waals surface area (Å²) >= 11 is 0. The third-order valence-corrected chi connectivity index (χ3v) is 2.60. The quantitative estimate of drug-likeness (QED) is 0.705. The molecule has 0 aliphatic carbocycles. The lowest BCUT2D eigenvalue weighted by Crippen LogP contribution is -2.17. The molecular formula is C12H8N4O3. The minimum Gasteiger partial charge on any atom is -0.477 e. The Kier molecular flexibility index (Phi) is 2.38. The molecule has 2 heterocycles. The first-order valence-corrected chi connectivity index (χ1v) is 5.44. The van der Waals surface area contributed by atoms with E-state index in [0.717, 1.165) is 16.1 Å². The van der Waals surface area contributed by atoms with Crippen LogP contribution in [0.15, 0.2) is 41.2 Å². The van der Waals surface area contributed by atoms with Crippen molar-refractivity contribution in [2.75, 3.05) is 0 Å². The van der Waals surface area contributed by atoms with Gasteiger partial charge in [-0.3, -0.25) is 9.89 Å². The van der Waals surface area contributed by atoms with Crippen molar-refractivity contribution in [3.05, 3.63) is 52.4 Å². The molecule has 0 amide bonds. The first-order chi connectivity index (χ1) is 9.15. The van der Waals surface area contributed by atoms with Crippen molar-refractivity contribution in [2.24, 2.45) is 0 Å². The van der Waals surface area contributed by atoms with Crippen LogP contribution >= 0.6 is 0 Å². The highest BCUT2D eigenvalue weighted by molar-refractivity contribution is 5.85. The van der Waals surface area contributed by atoms with Gasteiger partial charge in [-0.05, 0) is 0 Å². The summed E-state index contributed by atoms with van der Waals surface area (Å²) in [5.41, 5.74) is -0.0579. The summed E-state index contributed by atoms with van der Waals surface area (Å²) in [4.78, 5) is 30.5. The molecule has 0 aliphatic rings. The number of hydrogen-bond donors (Lipinski definition) is 2. The van der Waals surface area contributed by atoms with Crippen LogP contribution in [-0.2, 0) is 0 Å². The summed E-state index contributed by atoms with van der Waals surface area (Å²) < 4.78 is 1.11. The molecule has 2 aromatic heterocycles. The molecule has 7 nitrogen and oxygen atoms in total. The molecule has 2 N–H and O–H groups in total. The van der Waals surface area contributed by atoms with Crippen LogP contribution in [0.2, 0.25) is 0 Å². The lowest BCUT2D eigenvalue weighted by Gasteiger charge is -1.93. The summed E-state index contributed by atoms with van der Waals surface area (Å²) in [5, 5.41) is 11.6. The topological polar surface area (TPSA) is 100 Å². The van der Waals surface area contributed by atoms with E-state index in [1.54, 1.807) is 0 Å². The molecule has 1 aromatic carbocycles. The van der Waals surface area contributed by atoms with Crippen LogP contribution in [0.1, 0.15) is 10.5 Å². The maximum absolute atomic E-state index is 11.7. The molecule has 0 saturated carbocycles. The van der Waals surface area contributed by atoms with Crippen molar-refractivity contribution in [3.63, 3.8) is 0 Å². The Bertz CT molecular complexity index is 820. The van der Waals surface area contributed by atoms with Crippen LogP contribution in [0.25, 0.3) is 17.2 Å². The number of hydrogen-bond acceptors (Lipinski definition) is 4. The monoisotopic (exact) mass is 256 g/mol. The van der Waals surface area contributed by atoms with E-state index in [1.165, 1.54) is 0 Å². The van der Waals surface area contributed by atoms with Gasteiger partial charge in [-0.1, -0.05) is 30.3 Å². The predicted octanol–water partition coefficient (Wildman–Crippen LogP) is 0.783. The number of carboxylic acid groups (broad SMARTS) is 1. The highest BCUT2D eigenvalue weighted by Gasteiger charge is 2.12. The molecule has 19 heavy (non-hydrogen) atoms. The van der Waals surface area contributed by atoms with Gasteiger partial charge in [-0.15, -0.1) is 0 Å². The average molecular weight is 256 g/mol. The number of rotatable bonds is 2. The predicted molar refractivity (Wildman–Crippen MR) is 66.0 cm³/mol. The van der Waals surface area contributed by atoms with E-state index in [-0.39, 0.29) is 11.5 Å². The van der Waals surface area contributed by atoms with Gasteiger partial charge >= 0.3 is 5.97 Å². The lowest BCUT2D eigenvalue weighted by atomic mass is 10.2. The highest BCUT2D eigenvalue weighted by atomic mass is 16.4. The van der Waals surface area contributed by atoms with Crippen LogP contribution < -0.4 is 5.56 Å². The highest BCUT2D eigenvalue weighted by Crippen LogP contribution is 2.13. The molecule has 3 rings (SSSR count). The first-order valence-electron chi connectivity index (χ1n) is 5.44. The third kappa shape index (κ3) is 1.86. The number of fused-ring (bicyclic) bond motifs is 1. The van der Waals surface area contributed by atoms with Crippen LogP contribution in [0.4, 0.5) is 0 Å². The van der Waals surface area contributed by atoms with Crippen LogP contribution in [0.5, 0.6) is 0 Å². The molecule has 0 fully saturated rings. The van der Waals surface area contributed by atoms with E-state index in [4.69, 9.17) is 5.11 Å². The van der Waals surface area contributed by atoms with Crippen LogP contribution in [0, 0.1) is 0 Å². The number of aromatic amines is 1. The second kappa shape index (κ2) is 4.05. The zero-order chi connectivity index (χ0) is 13.4. The van der Waals surface area contributed by atoms with Crippen molar-refractivity contribution in [2.45, 2.75) is 0 Å². The number of carboxylic acids is 1. The molecule has 0 aliphatic heterocycles. The zero-order valence-corrected chi connectivity index (χ0v) is 9.57. The van der Waals surface area contributed by atoms with Crippen molar-refractivity contribution in [1.29, 1.82) is 0 Å². The Morgan fingerprint density at radius 3 is 2.63 bits per heavy atom. The molecule has 0 atom stereocenters. The van der Waals surface area contributed by atoms with E-state index in [1.807, 2.05) is 30.3 Å². The molecule has 0 radical (unpaired) electrons. The normalized spacial score (nSPS) is 10.7. The average Bonchev–Trinajstić information content (AvgIpc) is 2.84. The maximum atomic E-state index is 11.7. The molecule has 0 unspecified atom stereocenters. The summed E-state index contributed by atoms with van der Waals surface area (Å²) in [6.07, 6.45) is 0. The van der Waals surface area contributed by atoms with Gasteiger partial charge in [0.2, 0.25) is 0 Å². The van der Waals surface area contributed by atoms with E-state index in [9.17, 15) is 9.59 Å². The molecule has 0 bridgehead atoms. The number of nitrogens with one attached hydrogen (secondary N) is 1. The molecular weight excluding hydrogens is 248 g/mol. The van der Waals surface area contributed by atoms with E-state index in [2.05, 4.69) is 15.1 Å². The summed E-state index contributed by atoms with van der Waals surface area (Å²) in [7, 11) is 0. The number of carbonyl (C=O) groups is 1. The molecule has 94 valence electrons. The molecule has 0 spiro atoms. The van der Waals surface area contributed by atoms with Gasteiger partial charge in [0.15, 0.2) is 11.5 Å². The Morgan fingerprint density at radius 1 is 1.21 bits per heavy atom. The van der Waals surface area contributed by atoms with Crippen molar-refractivity contribution in [3.8, 4) is 11.4 Å². The standard InChI is InChI=1S/C12H8N4O3/c17-9-6-8(11(18)19)13-12-14-10(15-16(9)12)7-4-2-1-3-5-7/h1-6H,(H,18,19)(H,13,14,15). The number of H-pyrrole nitrogens is 1. The van der Waals surface area contributed by atoms with Gasteiger partial charge < -0.3 is 5.11 Å². The van der Waals surface area contributed by atoms with E-state index >= 15 is 0 Å². The Balaban J connectivity index is 2.24. The second-order valence-electron chi connectivity index (χ2n) is 3.86. The molecule has 0 saturated heterocycles. The third-order valence-electron chi connectivity index (χ3n) is 2.60. The zero-order valence-electron chi connectivity index (χ0n) is 9.57. The fourth-order valence-corrected chi connectivity index (χ4v) is 1.72. The molecule has 3 aromatic rings. The number of aromatic nitrogens is 4. The fraction of sp³-hybridized carbons (Fsp3) is 0. The Labute approximate surface area is 106 Å². The van der Waals surface area contributed by atoms with Crippen molar-refractivity contribution in [1.82, 2.24) is 19.6 Å². The van der Waals surface area contributed by atoms with Gasteiger partial charge in [-0.25, -0.2) is 9.78 Å². The Hall–Kier alpha value is -2.96. The fourth-order valence-electron chi connectivity index (χ4n) is 1.72. The lowest BCUT2D eigenvalue weighted by molar-refractivity contribution is 0.0690. The summed E-state index contributed by atoms with van der Waals surface area (Å²) in [6.45, 7) is 0. The van der Waals surface area contributed by atoms with Crippen LogP contribution in [0.3, 0.4) is 0 Å². The second-order valence-corrected chi connectivity index (χ2v) is 3.86. The minimum absolute atomic E-state index is 0.0313. The van der Waals surface area contributed by atoms with Gasteiger partial charge in [-0.2, -0.15) is 9.50 Å².